The summed E-state index contributed by atoms with van der Waals surface area (Å²) in [4.78, 5) is 15.4. The zero-order valence-electron chi connectivity index (χ0n) is 18.1. The molecule has 1 aliphatic heterocycles. The van der Waals surface area contributed by atoms with Gasteiger partial charge in [0.1, 0.15) is 17.7 Å². The number of rotatable bonds is 6. The number of hydrogen-bond acceptors (Lipinski definition) is 6. The Balaban J connectivity index is 1.60. The van der Waals surface area contributed by atoms with Crippen LogP contribution in [0.15, 0.2) is 84.0 Å². The number of para-hydroxylation sites is 1. The molecule has 0 amide bonds. The Morgan fingerprint density at radius 1 is 1.11 bits per heavy atom. The lowest BCUT2D eigenvalue weighted by molar-refractivity contribution is -0.131. The van der Waals surface area contributed by atoms with Crippen molar-refractivity contribution in [2.24, 2.45) is 4.99 Å². The van der Waals surface area contributed by atoms with E-state index in [1.54, 1.807) is 28.3 Å². The summed E-state index contributed by atoms with van der Waals surface area (Å²) >= 11 is 5.99. The normalized spacial score (nSPS) is 15.5. The number of benzene rings is 3. The van der Waals surface area contributed by atoms with Crippen LogP contribution in [0.1, 0.15) is 17.3 Å². The van der Waals surface area contributed by atoms with Crippen LogP contribution >= 0.6 is 11.6 Å². The molecular weight excluding hydrogens is 471 g/mol. The van der Waals surface area contributed by atoms with Gasteiger partial charge in [-0.05, 0) is 53.6 Å². The number of anilines is 1. The number of carbonyl (C=O) groups is 1. The van der Waals surface area contributed by atoms with Crippen molar-refractivity contribution >= 4 is 52.3 Å². The second kappa shape index (κ2) is 9.40. The summed E-state index contributed by atoms with van der Waals surface area (Å²) in [6.45, 7) is 0. The lowest BCUT2D eigenvalue weighted by atomic mass is 10.0. The van der Waals surface area contributed by atoms with Crippen molar-refractivity contribution in [1.82, 2.24) is 20.0 Å². The predicted molar refractivity (Wildman–Crippen MR) is 133 cm³/mol. The van der Waals surface area contributed by atoms with Crippen molar-refractivity contribution in [3.05, 3.63) is 101 Å². The maximum absolute atomic E-state index is 13.7. The molecule has 174 valence electrons. The number of aromatic nitrogens is 3. The van der Waals surface area contributed by atoms with Crippen LogP contribution in [0.5, 0.6) is 0 Å². The molecule has 0 radical (unpaired) electrons. The molecule has 1 unspecified atom stereocenters. The minimum atomic E-state index is -1.03. The summed E-state index contributed by atoms with van der Waals surface area (Å²) in [5.74, 6) is -1.55. The Labute approximate surface area is 204 Å². The topological polar surface area (TPSA) is 95.6 Å². The first-order chi connectivity index (χ1) is 17.0. The van der Waals surface area contributed by atoms with Gasteiger partial charge in [-0.3, -0.25) is 5.43 Å². The molecule has 0 fully saturated rings. The highest BCUT2D eigenvalue weighted by Crippen LogP contribution is 2.35. The SMILES string of the molecule is O=C(O)/C=C/c1cccc(C2=CN=CN(Nc3ccc(F)c(Cl)c3)C2n2nnc3ccccc32)c1. The van der Waals surface area contributed by atoms with Gasteiger partial charge in [-0.1, -0.05) is 47.1 Å². The first kappa shape index (κ1) is 22.3. The van der Waals surface area contributed by atoms with E-state index in [0.717, 1.165) is 28.2 Å². The van der Waals surface area contributed by atoms with E-state index in [2.05, 4.69) is 20.7 Å². The third-order valence-electron chi connectivity index (χ3n) is 5.37. The Hall–Kier alpha value is -4.50. The first-order valence-corrected chi connectivity index (χ1v) is 10.9. The number of halogens is 2. The first-order valence-electron chi connectivity index (χ1n) is 10.5. The van der Waals surface area contributed by atoms with Gasteiger partial charge >= 0.3 is 5.97 Å². The largest absolute Gasteiger partial charge is 0.478 e. The summed E-state index contributed by atoms with van der Waals surface area (Å²) in [5, 5.41) is 19.4. The molecule has 1 aromatic heterocycles. The second-order valence-electron chi connectivity index (χ2n) is 7.69. The minimum absolute atomic E-state index is 0.0135. The highest BCUT2D eigenvalue weighted by atomic mass is 35.5. The number of nitrogens with zero attached hydrogens (tertiary/aromatic N) is 5. The van der Waals surface area contributed by atoms with Crippen LogP contribution in [0.4, 0.5) is 10.1 Å². The molecule has 0 bridgehead atoms. The maximum atomic E-state index is 13.7. The van der Waals surface area contributed by atoms with E-state index in [-0.39, 0.29) is 5.02 Å². The monoisotopic (exact) mass is 488 g/mol. The van der Waals surface area contributed by atoms with E-state index in [9.17, 15) is 9.18 Å². The van der Waals surface area contributed by atoms with Crippen LogP contribution in [0.3, 0.4) is 0 Å². The average Bonchev–Trinajstić information content (AvgIpc) is 3.29. The molecule has 0 saturated heterocycles. The lowest BCUT2D eigenvalue weighted by Gasteiger charge is -2.34. The number of hydrogen-bond donors (Lipinski definition) is 2. The maximum Gasteiger partial charge on any atom is 0.328 e. The molecule has 35 heavy (non-hydrogen) atoms. The van der Waals surface area contributed by atoms with Gasteiger partial charge in [-0.15, -0.1) is 5.10 Å². The molecule has 8 nitrogen and oxygen atoms in total. The number of fused-ring (bicyclic) bond motifs is 1. The Bertz CT molecular complexity index is 1510. The van der Waals surface area contributed by atoms with E-state index < -0.39 is 18.0 Å². The van der Waals surface area contributed by atoms with Crippen molar-refractivity contribution in [2.75, 3.05) is 5.43 Å². The number of carboxylic acid groups (broad SMARTS) is 1. The second-order valence-corrected chi connectivity index (χ2v) is 8.10. The summed E-state index contributed by atoms with van der Waals surface area (Å²) < 4.78 is 15.5. The highest BCUT2D eigenvalue weighted by Gasteiger charge is 2.29. The van der Waals surface area contributed by atoms with Crippen molar-refractivity contribution in [3.8, 4) is 0 Å². The van der Waals surface area contributed by atoms with Gasteiger partial charge in [0, 0.05) is 17.8 Å². The summed E-state index contributed by atoms with van der Waals surface area (Å²) in [6, 6.07) is 19.3. The summed E-state index contributed by atoms with van der Waals surface area (Å²) in [6.07, 6.45) is 5.38. The zero-order chi connectivity index (χ0) is 24.4. The van der Waals surface area contributed by atoms with Crippen LogP contribution in [0, 0.1) is 5.82 Å². The number of aliphatic carboxylic acids is 1. The molecule has 5 rings (SSSR count). The molecule has 2 N–H and O–H groups in total. The number of aliphatic imine (C=N–C) groups is 1. The molecule has 0 spiro atoms. The number of hydrazine groups is 1. The Kier molecular flexibility index (Phi) is 5.99. The van der Waals surface area contributed by atoms with E-state index in [1.807, 2.05) is 48.5 Å². The fourth-order valence-electron chi connectivity index (χ4n) is 3.80. The van der Waals surface area contributed by atoms with Gasteiger partial charge in [0.05, 0.1) is 16.2 Å². The minimum Gasteiger partial charge on any atom is -0.478 e. The standard InChI is InChI=1S/C25H18ClFN6O2/c26-20-13-18(9-10-21(20)27)30-32-15-28-14-19(17-5-3-4-16(12-17)8-11-24(34)35)25(32)33-23-7-2-1-6-22(23)29-31-33/h1-15,25,30H,(H,34,35)/b11-8+. The van der Waals surface area contributed by atoms with Gasteiger partial charge < -0.3 is 5.11 Å². The molecular formula is C25H18ClFN6O2. The van der Waals surface area contributed by atoms with Gasteiger partial charge in [-0.25, -0.2) is 23.9 Å². The van der Waals surface area contributed by atoms with Crippen molar-refractivity contribution in [1.29, 1.82) is 0 Å². The van der Waals surface area contributed by atoms with Crippen LogP contribution in [-0.4, -0.2) is 37.4 Å². The molecule has 1 atom stereocenters. The van der Waals surface area contributed by atoms with E-state index in [1.165, 1.54) is 18.2 Å². The molecule has 0 saturated carbocycles. The summed E-state index contributed by atoms with van der Waals surface area (Å²) in [7, 11) is 0. The van der Waals surface area contributed by atoms with E-state index in [0.29, 0.717) is 11.3 Å². The smallest absolute Gasteiger partial charge is 0.328 e. The Morgan fingerprint density at radius 2 is 1.97 bits per heavy atom. The number of carboxylic acids is 1. The third-order valence-corrected chi connectivity index (χ3v) is 5.66. The van der Waals surface area contributed by atoms with Gasteiger partial charge in [0.25, 0.3) is 0 Å². The molecule has 3 aromatic carbocycles. The highest BCUT2D eigenvalue weighted by molar-refractivity contribution is 6.31. The van der Waals surface area contributed by atoms with Crippen molar-refractivity contribution < 1.29 is 14.3 Å². The van der Waals surface area contributed by atoms with Crippen LogP contribution in [0.2, 0.25) is 5.02 Å². The van der Waals surface area contributed by atoms with Gasteiger partial charge in [-0.2, -0.15) is 0 Å². The fourth-order valence-corrected chi connectivity index (χ4v) is 3.98. The lowest BCUT2D eigenvalue weighted by Crippen LogP contribution is -2.39. The van der Waals surface area contributed by atoms with Crippen molar-refractivity contribution in [2.45, 2.75) is 6.17 Å². The van der Waals surface area contributed by atoms with Gasteiger partial charge in [0.15, 0.2) is 6.17 Å². The van der Waals surface area contributed by atoms with Crippen LogP contribution in [-0.2, 0) is 4.79 Å². The molecule has 2 heterocycles. The molecule has 4 aromatic rings. The Morgan fingerprint density at radius 3 is 2.80 bits per heavy atom. The predicted octanol–water partition coefficient (Wildman–Crippen LogP) is 5.23. The average molecular weight is 489 g/mol. The number of nitrogens with one attached hydrogen (secondary N) is 1. The molecule has 0 aliphatic carbocycles. The van der Waals surface area contributed by atoms with Crippen molar-refractivity contribution in [3.63, 3.8) is 0 Å². The summed E-state index contributed by atoms with van der Waals surface area (Å²) in [5.41, 5.74) is 7.58. The van der Waals surface area contributed by atoms with Gasteiger partial charge in [0.2, 0.25) is 0 Å². The van der Waals surface area contributed by atoms with Crippen LogP contribution in [0.25, 0.3) is 22.7 Å². The quantitative estimate of drug-likeness (QED) is 0.361. The molecule has 10 heteroatoms. The third kappa shape index (κ3) is 4.62. The fraction of sp³-hybridized carbons (Fsp3) is 0.0400. The zero-order valence-corrected chi connectivity index (χ0v) is 18.8. The molecule has 1 aliphatic rings. The van der Waals surface area contributed by atoms with Crippen LogP contribution < -0.4 is 5.43 Å². The van der Waals surface area contributed by atoms with E-state index in [4.69, 9.17) is 16.7 Å². The van der Waals surface area contributed by atoms with E-state index >= 15 is 0 Å².